The van der Waals surface area contributed by atoms with Crippen LogP contribution >= 0.6 is 0 Å². The molecule has 15 heavy (non-hydrogen) atoms. The lowest BCUT2D eigenvalue weighted by atomic mass is 10.1. The lowest BCUT2D eigenvalue weighted by Crippen LogP contribution is -2.13. The summed E-state index contributed by atoms with van der Waals surface area (Å²) in [6, 6.07) is 0. The van der Waals surface area contributed by atoms with E-state index in [1.54, 1.807) is 25.5 Å². The van der Waals surface area contributed by atoms with Gasteiger partial charge in [0.15, 0.2) is 5.65 Å². The first-order chi connectivity index (χ1) is 7.18. The largest absolute Gasteiger partial charge is 0.481 e. The number of aromatic nitrogens is 3. The molecule has 5 heteroatoms. The van der Waals surface area contributed by atoms with E-state index in [4.69, 9.17) is 5.11 Å². The van der Waals surface area contributed by atoms with E-state index < -0.39 is 11.9 Å². The molecule has 0 bridgehead atoms. The van der Waals surface area contributed by atoms with Gasteiger partial charge in [0.25, 0.3) is 0 Å². The average molecular weight is 205 g/mol. The van der Waals surface area contributed by atoms with Gasteiger partial charge in [0.1, 0.15) is 0 Å². The number of carbonyl (C=O) groups is 1. The van der Waals surface area contributed by atoms with Gasteiger partial charge >= 0.3 is 5.97 Å². The van der Waals surface area contributed by atoms with Crippen molar-refractivity contribution < 1.29 is 9.90 Å². The van der Waals surface area contributed by atoms with Crippen LogP contribution in [0.25, 0.3) is 5.65 Å². The number of carboxylic acid groups (broad SMARTS) is 1. The first-order valence-electron chi connectivity index (χ1n) is 4.68. The zero-order valence-corrected chi connectivity index (χ0v) is 8.29. The Bertz CT molecular complexity index is 492. The van der Waals surface area contributed by atoms with E-state index in [9.17, 15) is 4.79 Å². The molecule has 0 aliphatic rings. The molecule has 0 aliphatic heterocycles. The van der Waals surface area contributed by atoms with Crippen molar-refractivity contribution in [2.24, 2.45) is 5.92 Å². The molecule has 1 unspecified atom stereocenters. The van der Waals surface area contributed by atoms with Crippen molar-refractivity contribution in [2.45, 2.75) is 13.3 Å². The molecule has 0 spiro atoms. The van der Waals surface area contributed by atoms with E-state index in [2.05, 4.69) is 9.97 Å². The van der Waals surface area contributed by atoms with Crippen molar-refractivity contribution in [2.75, 3.05) is 0 Å². The Labute approximate surface area is 86.4 Å². The number of hydrogen-bond donors (Lipinski definition) is 1. The molecule has 1 N–H and O–H groups in total. The predicted molar refractivity (Wildman–Crippen MR) is 53.5 cm³/mol. The highest BCUT2D eigenvalue weighted by Crippen LogP contribution is 2.11. The maximum absolute atomic E-state index is 10.7. The third kappa shape index (κ3) is 1.81. The van der Waals surface area contributed by atoms with E-state index in [1.807, 2.05) is 10.6 Å². The molecule has 0 radical (unpaired) electrons. The summed E-state index contributed by atoms with van der Waals surface area (Å²) in [5.41, 5.74) is 1.45. The van der Waals surface area contributed by atoms with Crippen LogP contribution in [0.4, 0.5) is 0 Å². The van der Waals surface area contributed by atoms with Crippen LogP contribution in [0.2, 0.25) is 0 Å². The second kappa shape index (κ2) is 3.68. The molecule has 0 fully saturated rings. The maximum Gasteiger partial charge on any atom is 0.306 e. The number of fused-ring (bicyclic) bond motifs is 1. The lowest BCUT2D eigenvalue weighted by molar-refractivity contribution is -0.141. The van der Waals surface area contributed by atoms with Gasteiger partial charge in [-0.3, -0.25) is 9.78 Å². The summed E-state index contributed by atoms with van der Waals surface area (Å²) in [7, 11) is 0. The van der Waals surface area contributed by atoms with Crippen LogP contribution in [0, 0.1) is 5.92 Å². The first kappa shape index (κ1) is 9.64. The summed E-state index contributed by atoms with van der Waals surface area (Å²) < 4.78 is 1.83. The Balaban J connectivity index is 2.35. The fraction of sp³-hybridized carbons (Fsp3) is 0.300. The average Bonchev–Trinajstić information content (AvgIpc) is 2.66. The van der Waals surface area contributed by atoms with E-state index >= 15 is 0 Å². The van der Waals surface area contributed by atoms with Gasteiger partial charge in [-0.1, -0.05) is 6.92 Å². The van der Waals surface area contributed by atoms with Crippen molar-refractivity contribution in [1.29, 1.82) is 0 Å². The van der Waals surface area contributed by atoms with Gasteiger partial charge in [0.05, 0.1) is 11.6 Å². The lowest BCUT2D eigenvalue weighted by Gasteiger charge is -2.05. The zero-order valence-electron chi connectivity index (χ0n) is 8.29. The van der Waals surface area contributed by atoms with Crippen LogP contribution in [0.15, 0.2) is 24.8 Å². The number of aliphatic carboxylic acids is 1. The summed E-state index contributed by atoms with van der Waals surface area (Å²) in [5.74, 6) is -1.26. The molecule has 78 valence electrons. The highest BCUT2D eigenvalue weighted by molar-refractivity contribution is 5.70. The normalized spacial score (nSPS) is 12.9. The number of imidazole rings is 1. The first-order valence-corrected chi connectivity index (χ1v) is 4.68. The number of hydrogen-bond acceptors (Lipinski definition) is 3. The molecule has 2 rings (SSSR count). The van der Waals surface area contributed by atoms with Crippen LogP contribution in [-0.4, -0.2) is 25.4 Å². The molecule has 2 aromatic rings. The molecular weight excluding hydrogens is 194 g/mol. The van der Waals surface area contributed by atoms with Gasteiger partial charge in [0, 0.05) is 31.2 Å². The third-order valence-electron chi connectivity index (χ3n) is 2.31. The summed E-state index contributed by atoms with van der Waals surface area (Å²) in [5, 5.41) is 8.81. The van der Waals surface area contributed by atoms with Crippen molar-refractivity contribution >= 4 is 11.6 Å². The van der Waals surface area contributed by atoms with Crippen LogP contribution in [0.5, 0.6) is 0 Å². The molecule has 0 amide bonds. The standard InChI is InChI=1S/C10H11N3O2/c1-7(10(14)15)6-8-9-12-3-5-13(9)4-2-11-8/h2-5,7H,6H2,1H3,(H,14,15). The predicted octanol–water partition coefficient (Wildman–Crippen LogP) is 0.992. The van der Waals surface area contributed by atoms with Gasteiger partial charge < -0.3 is 9.51 Å². The van der Waals surface area contributed by atoms with Crippen LogP contribution in [-0.2, 0) is 11.2 Å². The Kier molecular flexibility index (Phi) is 2.37. The van der Waals surface area contributed by atoms with Crippen molar-refractivity contribution in [1.82, 2.24) is 14.4 Å². The van der Waals surface area contributed by atoms with Crippen molar-refractivity contribution in [3.8, 4) is 0 Å². The topological polar surface area (TPSA) is 67.5 Å². The van der Waals surface area contributed by atoms with Crippen molar-refractivity contribution in [3.05, 3.63) is 30.5 Å². The van der Waals surface area contributed by atoms with Gasteiger partial charge in [-0.05, 0) is 0 Å². The minimum absolute atomic E-state index is 0.399. The van der Waals surface area contributed by atoms with Crippen LogP contribution in [0.1, 0.15) is 12.6 Å². The smallest absolute Gasteiger partial charge is 0.306 e. The monoisotopic (exact) mass is 205 g/mol. The Morgan fingerprint density at radius 1 is 1.47 bits per heavy atom. The van der Waals surface area contributed by atoms with E-state index in [-0.39, 0.29) is 0 Å². The number of carboxylic acids is 1. The van der Waals surface area contributed by atoms with E-state index in [0.29, 0.717) is 6.42 Å². The SMILES string of the molecule is CC(Cc1nccn2ccnc12)C(=O)O. The summed E-state index contributed by atoms with van der Waals surface area (Å²) in [4.78, 5) is 19.0. The number of nitrogens with zero attached hydrogens (tertiary/aromatic N) is 3. The molecule has 1 atom stereocenters. The fourth-order valence-corrected chi connectivity index (χ4v) is 1.43. The molecule has 0 aliphatic carbocycles. The second-order valence-corrected chi connectivity index (χ2v) is 3.48. The van der Waals surface area contributed by atoms with Crippen LogP contribution < -0.4 is 0 Å². The second-order valence-electron chi connectivity index (χ2n) is 3.48. The molecule has 2 aromatic heterocycles. The summed E-state index contributed by atoms with van der Waals surface area (Å²) >= 11 is 0. The summed E-state index contributed by atoms with van der Waals surface area (Å²) in [6.07, 6.45) is 7.32. The Morgan fingerprint density at radius 2 is 2.13 bits per heavy atom. The van der Waals surface area contributed by atoms with Crippen LogP contribution in [0.3, 0.4) is 0 Å². The molecule has 0 saturated heterocycles. The highest BCUT2D eigenvalue weighted by atomic mass is 16.4. The Morgan fingerprint density at radius 3 is 2.80 bits per heavy atom. The third-order valence-corrected chi connectivity index (χ3v) is 2.31. The highest BCUT2D eigenvalue weighted by Gasteiger charge is 2.14. The van der Waals surface area contributed by atoms with Gasteiger partial charge in [0.2, 0.25) is 0 Å². The van der Waals surface area contributed by atoms with Gasteiger partial charge in [-0.15, -0.1) is 0 Å². The quantitative estimate of drug-likeness (QED) is 0.811. The van der Waals surface area contributed by atoms with Crippen molar-refractivity contribution in [3.63, 3.8) is 0 Å². The number of rotatable bonds is 3. The zero-order chi connectivity index (χ0) is 10.8. The summed E-state index contributed by atoms with van der Waals surface area (Å²) in [6.45, 7) is 1.66. The Hall–Kier alpha value is -1.91. The fourth-order valence-electron chi connectivity index (χ4n) is 1.43. The molecule has 5 nitrogen and oxygen atoms in total. The molecule has 0 saturated carbocycles. The van der Waals surface area contributed by atoms with Gasteiger partial charge in [-0.25, -0.2) is 4.98 Å². The molecule has 0 aromatic carbocycles. The minimum atomic E-state index is -0.814. The minimum Gasteiger partial charge on any atom is -0.481 e. The maximum atomic E-state index is 10.7. The van der Waals surface area contributed by atoms with E-state index in [0.717, 1.165) is 11.3 Å². The molecule has 2 heterocycles. The molecular formula is C10H11N3O2. The van der Waals surface area contributed by atoms with E-state index in [1.165, 1.54) is 0 Å². The van der Waals surface area contributed by atoms with Gasteiger partial charge in [-0.2, -0.15) is 0 Å².